The molecule has 0 saturated heterocycles. The van der Waals surface area contributed by atoms with Crippen molar-refractivity contribution in [1.82, 2.24) is 4.57 Å². The molecule has 2 heterocycles. The zero-order chi connectivity index (χ0) is 28.0. The van der Waals surface area contributed by atoms with Crippen molar-refractivity contribution in [2.45, 2.75) is 26.9 Å². The lowest BCUT2D eigenvalue weighted by Crippen LogP contribution is -2.32. The minimum absolute atomic E-state index is 0.810. The lowest BCUT2D eigenvalue weighted by molar-refractivity contribution is -0.665. The van der Waals surface area contributed by atoms with Crippen molar-refractivity contribution in [3.8, 4) is 43.4 Å². The molecule has 0 spiro atoms. The summed E-state index contributed by atoms with van der Waals surface area (Å²) in [4.78, 5) is 13.2. The maximum absolute atomic E-state index is 4.95. The van der Waals surface area contributed by atoms with E-state index in [1.807, 2.05) is 0 Å². The Balaban J connectivity index is 1.49. The first-order valence-electron chi connectivity index (χ1n) is 13.9. The van der Waals surface area contributed by atoms with Gasteiger partial charge in [-0.3, -0.25) is 0 Å². The van der Waals surface area contributed by atoms with Crippen molar-refractivity contribution in [3.63, 3.8) is 0 Å². The van der Waals surface area contributed by atoms with Gasteiger partial charge in [0.25, 0.3) is 0 Å². The van der Waals surface area contributed by atoms with Crippen LogP contribution >= 0.6 is 22.7 Å². The van der Waals surface area contributed by atoms with E-state index in [1.54, 1.807) is 29.0 Å². The molecule has 6 heteroatoms. The first kappa shape index (κ1) is 26.8. The van der Waals surface area contributed by atoms with Gasteiger partial charge in [-0.25, -0.2) is 4.57 Å². The summed E-state index contributed by atoms with van der Waals surface area (Å²) in [5.41, 5.74) is 7.13. The van der Waals surface area contributed by atoms with Gasteiger partial charge in [0, 0.05) is 12.1 Å². The molecule has 2 aromatic heterocycles. The van der Waals surface area contributed by atoms with Crippen LogP contribution in [0.15, 0.2) is 131 Å². The van der Waals surface area contributed by atoms with Gasteiger partial charge in [-0.1, -0.05) is 133 Å². The van der Waals surface area contributed by atoms with Gasteiger partial charge in [0.05, 0.1) is 22.0 Å². The van der Waals surface area contributed by atoms with Crippen LogP contribution in [0.5, 0.6) is 0 Å². The van der Waals surface area contributed by atoms with Gasteiger partial charge in [0.1, 0.15) is 0 Å². The third kappa shape index (κ3) is 5.49. The molecule has 6 rings (SSSR count). The number of hydrogen-bond acceptors (Lipinski definition) is 3. The Hall–Kier alpha value is -4.39. The Kier molecular flexibility index (Phi) is 8.12. The van der Waals surface area contributed by atoms with Crippen LogP contribution in [-0.4, -0.2) is 10.9 Å². The maximum Gasteiger partial charge on any atom is 0.384 e. The molecule has 0 aliphatic heterocycles. The second kappa shape index (κ2) is 12.4. The van der Waals surface area contributed by atoms with Gasteiger partial charge in [-0.2, -0.15) is 4.99 Å². The van der Waals surface area contributed by atoms with Crippen molar-refractivity contribution in [2.24, 2.45) is 9.98 Å². The minimum Gasteiger partial charge on any atom is -0.316 e. The smallest absolute Gasteiger partial charge is 0.316 e. The van der Waals surface area contributed by atoms with Gasteiger partial charge in [0.15, 0.2) is 10.5 Å². The van der Waals surface area contributed by atoms with Crippen LogP contribution in [0, 0.1) is 0 Å². The van der Waals surface area contributed by atoms with Gasteiger partial charge in [0.2, 0.25) is 6.34 Å². The Morgan fingerprint density at radius 2 is 1.15 bits per heavy atom. The predicted octanol–water partition coefficient (Wildman–Crippen LogP) is 8.87. The highest BCUT2D eigenvalue weighted by Crippen LogP contribution is 2.39. The number of hydrogen-bond donors (Lipinski definition) is 0. The monoisotopic (exact) mass is 571 g/mol. The average Bonchev–Trinajstić information content (AvgIpc) is 3.61. The maximum atomic E-state index is 4.95. The molecule has 0 fully saturated rings. The van der Waals surface area contributed by atoms with Crippen LogP contribution in [-0.2, 0) is 13.1 Å². The van der Waals surface area contributed by atoms with Gasteiger partial charge < -0.3 is 4.57 Å². The largest absolute Gasteiger partial charge is 0.384 e. The number of aliphatic imine (C=N–C) groups is 1. The Bertz CT molecular complexity index is 1830. The van der Waals surface area contributed by atoms with E-state index >= 15 is 0 Å². The summed E-state index contributed by atoms with van der Waals surface area (Å²) >= 11 is 3.41. The molecule has 0 bridgehead atoms. The molecular weight excluding hydrogens is 541 g/mol. The van der Waals surface area contributed by atoms with Crippen molar-refractivity contribution >= 4 is 34.1 Å². The Morgan fingerprint density at radius 1 is 0.634 bits per heavy atom. The van der Waals surface area contributed by atoms with Gasteiger partial charge >= 0.3 is 5.13 Å². The van der Waals surface area contributed by atoms with Crippen molar-refractivity contribution < 1.29 is 4.57 Å². The summed E-state index contributed by atoms with van der Waals surface area (Å²) in [6.07, 6.45) is 1.73. The summed E-state index contributed by atoms with van der Waals surface area (Å²) in [6.45, 7) is 5.97. The number of thiazole rings is 2. The zero-order valence-electron chi connectivity index (χ0n) is 23.1. The highest BCUT2D eigenvalue weighted by atomic mass is 32.1. The van der Waals surface area contributed by atoms with Crippen molar-refractivity contribution in [3.05, 3.63) is 126 Å². The fraction of sp³-hybridized carbons (Fsp3) is 0.114. The normalized spacial score (nSPS) is 11.9. The third-order valence-electron chi connectivity index (χ3n) is 6.95. The molecule has 0 aliphatic rings. The van der Waals surface area contributed by atoms with E-state index in [0.717, 1.165) is 23.0 Å². The van der Waals surface area contributed by atoms with E-state index in [9.17, 15) is 0 Å². The first-order chi connectivity index (χ1) is 20.3. The standard InChI is InChI=1S/C35H31N4S2/c1-3-38-30(26-17-9-5-10-18-26)32(28-21-13-7-14-22-28)40-34(38)36-25-37-35-39(4-2)31(27-19-11-6-12-20-27)33(41-35)29-23-15-8-16-24-29/h5-25H,3-4H2,1-2H3/q+1. The predicted molar refractivity (Wildman–Crippen MR) is 174 cm³/mol. The molecule has 202 valence electrons. The van der Waals surface area contributed by atoms with Gasteiger partial charge in [-0.05, 0) is 46.9 Å². The first-order valence-corrected chi connectivity index (χ1v) is 15.5. The molecule has 41 heavy (non-hydrogen) atoms. The third-order valence-corrected chi connectivity index (χ3v) is 9.24. The highest BCUT2D eigenvalue weighted by molar-refractivity contribution is 7.18. The quantitative estimate of drug-likeness (QED) is 0.0993. The fourth-order valence-electron chi connectivity index (χ4n) is 5.07. The van der Waals surface area contributed by atoms with Crippen LogP contribution < -0.4 is 9.37 Å². The van der Waals surface area contributed by atoms with E-state index < -0.39 is 0 Å². The average molecular weight is 572 g/mol. The summed E-state index contributed by atoms with van der Waals surface area (Å²) in [7, 11) is 0. The lowest BCUT2D eigenvalue weighted by atomic mass is 10.1. The lowest BCUT2D eigenvalue weighted by Gasteiger charge is -2.09. The minimum atomic E-state index is 0.810. The fourth-order valence-corrected chi connectivity index (χ4v) is 7.45. The highest BCUT2D eigenvalue weighted by Gasteiger charge is 2.25. The van der Waals surface area contributed by atoms with E-state index in [1.165, 1.54) is 43.4 Å². The Morgan fingerprint density at radius 3 is 1.68 bits per heavy atom. The SMILES string of the molecule is CCn1c(-c2ccccc2)c(-c2ccccc2)sc1=N/C=N/c1sc(-c2ccccc2)c(-c2ccccc2)[n+]1CC. The topological polar surface area (TPSA) is 33.5 Å². The van der Waals surface area contributed by atoms with Crippen LogP contribution in [0.4, 0.5) is 5.13 Å². The number of nitrogens with zero attached hydrogens (tertiary/aromatic N) is 4. The Labute approximate surface area is 248 Å². The molecule has 0 radical (unpaired) electrons. The van der Waals surface area contributed by atoms with Crippen LogP contribution in [0.1, 0.15) is 13.8 Å². The molecule has 4 nitrogen and oxygen atoms in total. The second-order valence-corrected chi connectivity index (χ2v) is 11.4. The number of benzene rings is 4. The molecule has 0 unspecified atom stereocenters. The molecular formula is C35H31N4S2+. The molecule has 4 aromatic carbocycles. The van der Waals surface area contributed by atoms with Crippen molar-refractivity contribution in [1.29, 1.82) is 0 Å². The van der Waals surface area contributed by atoms with Crippen LogP contribution in [0.3, 0.4) is 0 Å². The number of aromatic nitrogens is 2. The molecule has 0 atom stereocenters. The van der Waals surface area contributed by atoms with Crippen LogP contribution in [0.25, 0.3) is 43.4 Å². The second-order valence-electron chi connectivity index (χ2n) is 9.45. The van der Waals surface area contributed by atoms with Crippen molar-refractivity contribution in [2.75, 3.05) is 0 Å². The molecule has 0 saturated carbocycles. The van der Waals surface area contributed by atoms with E-state index in [-0.39, 0.29) is 0 Å². The summed E-state index contributed by atoms with van der Waals surface area (Å²) in [5, 5.41) is 0.931. The van der Waals surface area contributed by atoms with Gasteiger partial charge in [-0.15, -0.1) is 0 Å². The molecule has 0 N–H and O–H groups in total. The van der Waals surface area contributed by atoms with E-state index in [2.05, 4.69) is 144 Å². The molecule has 0 amide bonds. The summed E-state index contributed by atoms with van der Waals surface area (Å²) in [6, 6.07) is 42.3. The summed E-state index contributed by atoms with van der Waals surface area (Å²) < 4.78 is 4.59. The molecule has 6 aromatic rings. The zero-order valence-corrected chi connectivity index (χ0v) is 24.8. The van der Waals surface area contributed by atoms with E-state index in [4.69, 9.17) is 9.98 Å². The summed E-state index contributed by atoms with van der Waals surface area (Å²) in [5.74, 6) is 0. The van der Waals surface area contributed by atoms with Crippen LogP contribution in [0.2, 0.25) is 0 Å². The van der Waals surface area contributed by atoms with E-state index in [0.29, 0.717) is 0 Å². The number of rotatable bonds is 8. The molecule has 0 aliphatic carbocycles.